The molecule has 7 rings (SSSR count). The van der Waals surface area contributed by atoms with E-state index < -0.39 is 12.0 Å². The van der Waals surface area contributed by atoms with E-state index in [-0.39, 0.29) is 41.2 Å². The largest absolute Gasteiger partial charge is 0.508 e. The Balaban J connectivity index is 1.31. The molecule has 0 radical (unpaired) electrons. The van der Waals surface area contributed by atoms with E-state index >= 15 is 4.39 Å². The predicted molar refractivity (Wildman–Crippen MR) is 145 cm³/mol. The fraction of sp³-hybridized carbons (Fsp3) is 0.552. The number of alkyl halides is 1. The fourth-order valence-corrected chi connectivity index (χ4v) is 6.83. The number of pyridine rings is 1. The number of rotatable bonds is 7. The van der Waals surface area contributed by atoms with E-state index in [0.717, 1.165) is 57.3 Å². The van der Waals surface area contributed by atoms with Crippen LogP contribution in [0.4, 0.5) is 14.6 Å². The molecule has 0 amide bonds. The molecule has 4 aliphatic rings. The molecule has 4 fully saturated rings. The van der Waals surface area contributed by atoms with Gasteiger partial charge in [-0.3, -0.25) is 9.88 Å². The maximum absolute atomic E-state index is 16.4. The van der Waals surface area contributed by atoms with Gasteiger partial charge in [-0.05, 0) is 68.8 Å². The highest BCUT2D eigenvalue weighted by atomic mass is 19.1. The third kappa shape index (κ3) is 4.37. The molecular formula is C29H34F2N6O2. The first-order chi connectivity index (χ1) is 18.9. The lowest BCUT2D eigenvalue weighted by Crippen LogP contribution is -2.43. The van der Waals surface area contributed by atoms with Gasteiger partial charge in [0.15, 0.2) is 5.82 Å². The summed E-state index contributed by atoms with van der Waals surface area (Å²) in [6.07, 6.45) is 6.10. The average Bonchev–Trinajstić information content (AvgIpc) is 3.33. The van der Waals surface area contributed by atoms with Crippen molar-refractivity contribution >= 4 is 16.7 Å². The molecule has 8 nitrogen and oxygen atoms in total. The molecule has 1 saturated carbocycles. The lowest BCUT2D eigenvalue weighted by molar-refractivity contribution is 0.107. The van der Waals surface area contributed by atoms with Crippen molar-refractivity contribution in [2.45, 2.75) is 62.2 Å². The van der Waals surface area contributed by atoms with Crippen LogP contribution in [0.15, 0.2) is 24.4 Å². The summed E-state index contributed by atoms with van der Waals surface area (Å²) in [6.45, 7) is 3.27. The topological polar surface area (TPSA) is 86.6 Å². The number of aromatic hydroxyl groups is 1. The van der Waals surface area contributed by atoms with E-state index in [1.165, 1.54) is 0 Å². The lowest BCUT2D eigenvalue weighted by atomic mass is 9.95. The van der Waals surface area contributed by atoms with E-state index in [2.05, 4.69) is 25.1 Å². The number of fused-ring (bicyclic) bond motifs is 2. The quantitative estimate of drug-likeness (QED) is 0.466. The van der Waals surface area contributed by atoms with Gasteiger partial charge in [0.1, 0.15) is 35.6 Å². The van der Waals surface area contributed by atoms with Crippen LogP contribution in [0.5, 0.6) is 11.8 Å². The molecule has 2 aromatic heterocycles. The summed E-state index contributed by atoms with van der Waals surface area (Å²) in [7, 11) is 1.96. The Morgan fingerprint density at radius 3 is 2.92 bits per heavy atom. The molecule has 2 N–H and O–H groups in total. The number of halogens is 2. The second-order valence-electron chi connectivity index (χ2n) is 11.7. The molecule has 1 aromatic carbocycles. The Hall–Kier alpha value is -3.11. The number of ether oxygens (including phenoxy) is 1. The number of anilines is 1. The van der Waals surface area contributed by atoms with Crippen LogP contribution in [0.2, 0.25) is 0 Å². The highest BCUT2D eigenvalue weighted by molar-refractivity contribution is 5.92. The van der Waals surface area contributed by atoms with Crippen LogP contribution in [0.3, 0.4) is 0 Å². The van der Waals surface area contributed by atoms with Gasteiger partial charge in [-0.15, -0.1) is 0 Å². The van der Waals surface area contributed by atoms with Crippen molar-refractivity contribution in [1.82, 2.24) is 25.2 Å². The van der Waals surface area contributed by atoms with Crippen LogP contribution < -0.4 is 15.0 Å². The molecule has 1 aliphatic carbocycles. The van der Waals surface area contributed by atoms with Gasteiger partial charge in [-0.1, -0.05) is 6.07 Å². The summed E-state index contributed by atoms with van der Waals surface area (Å²) >= 11 is 0. The zero-order valence-corrected chi connectivity index (χ0v) is 22.2. The van der Waals surface area contributed by atoms with E-state index in [9.17, 15) is 9.50 Å². The van der Waals surface area contributed by atoms with Gasteiger partial charge in [0.05, 0.1) is 10.9 Å². The maximum Gasteiger partial charge on any atom is 0.319 e. The van der Waals surface area contributed by atoms with Gasteiger partial charge in [0, 0.05) is 44.4 Å². The molecule has 0 unspecified atom stereocenters. The van der Waals surface area contributed by atoms with Crippen LogP contribution in [0.25, 0.3) is 22.2 Å². The molecule has 206 valence electrons. The molecule has 39 heavy (non-hydrogen) atoms. The molecule has 3 saturated heterocycles. The van der Waals surface area contributed by atoms with Crippen LogP contribution >= 0.6 is 0 Å². The number of likely N-dealkylation sites (N-methyl/N-ethyl adjacent to an activating group) is 1. The third-order valence-corrected chi connectivity index (χ3v) is 9.10. The molecule has 0 bridgehead atoms. The molecule has 0 spiro atoms. The van der Waals surface area contributed by atoms with Crippen LogP contribution in [-0.2, 0) is 0 Å². The van der Waals surface area contributed by atoms with Crippen molar-refractivity contribution in [2.24, 2.45) is 0 Å². The summed E-state index contributed by atoms with van der Waals surface area (Å²) in [5.74, 6) is 0.421. The summed E-state index contributed by atoms with van der Waals surface area (Å²) in [5.41, 5.74) is 1.52. The van der Waals surface area contributed by atoms with Crippen LogP contribution in [-0.4, -0.2) is 82.5 Å². The Morgan fingerprint density at radius 1 is 1.26 bits per heavy atom. The van der Waals surface area contributed by atoms with Gasteiger partial charge in [-0.25, -0.2) is 8.78 Å². The smallest absolute Gasteiger partial charge is 0.319 e. The maximum atomic E-state index is 16.4. The van der Waals surface area contributed by atoms with Gasteiger partial charge >= 0.3 is 6.01 Å². The third-order valence-electron chi connectivity index (χ3n) is 9.10. The summed E-state index contributed by atoms with van der Waals surface area (Å²) in [4.78, 5) is 18.1. The van der Waals surface area contributed by atoms with Gasteiger partial charge < -0.3 is 20.1 Å². The lowest BCUT2D eigenvalue weighted by Gasteiger charge is -2.31. The van der Waals surface area contributed by atoms with Gasteiger partial charge in [0.2, 0.25) is 0 Å². The minimum atomic E-state index is -0.864. The molecule has 10 heteroatoms. The van der Waals surface area contributed by atoms with Gasteiger partial charge in [-0.2, -0.15) is 9.97 Å². The molecular weight excluding hydrogens is 502 g/mol. The van der Waals surface area contributed by atoms with Gasteiger partial charge in [0.25, 0.3) is 0 Å². The van der Waals surface area contributed by atoms with Crippen molar-refractivity contribution in [3.8, 4) is 23.0 Å². The summed E-state index contributed by atoms with van der Waals surface area (Å²) < 4.78 is 36.9. The average molecular weight is 537 g/mol. The fourth-order valence-electron chi connectivity index (χ4n) is 6.83. The Kier molecular flexibility index (Phi) is 6.08. The van der Waals surface area contributed by atoms with Crippen molar-refractivity contribution < 1.29 is 18.6 Å². The molecule has 3 aromatic rings. The minimum absolute atomic E-state index is 0.0691. The van der Waals surface area contributed by atoms with Crippen molar-refractivity contribution in [3.05, 3.63) is 35.8 Å². The molecule has 5 heterocycles. The Morgan fingerprint density at radius 2 is 2.13 bits per heavy atom. The van der Waals surface area contributed by atoms with Crippen LogP contribution in [0.1, 0.15) is 50.0 Å². The highest BCUT2D eigenvalue weighted by Gasteiger charge is 2.49. The minimum Gasteiger partial charge on any atom is -0.508 e. The number of phenols is 1. The molecule has 3 aliphatic heterocycles. The van der Waals surface area contributed by atoms with Crippen molar-refractivity contribution in [1.29, 1.82) is 0 Å². The number of benzene rings is 1. The zero-order valence-electron chi connectivity index (χ0n) is 22.2. The monoisotopic (exact) mass is 536 g/mol. The van der Waals surface area contributed by atoms with E-state index in [1.54, 1.807) is 18.3 Å². The number of nitrogens with one attached hydrogen (secondary N) is 1. The van der Waals surface area contributed by atoms with E-state index in [0.29, 0.717) is 35.7 Å². The first kappa shape index (κ1) is 24.9. The second kappa shape index (κ2) is 9.52. The number of nitrogens with zero attached hydrogens (tertiary/aromatic N) is 5. The SMILES string of the molecule is CN(c1nc(OC[C@@]23CCCN2C[C@H](F)C3)nc2c(F)c(-c3cc(O)ccc3C3CC3)ncc12)[C@@H]1CCNC1. The van der Waals surface area contributed by atoms with Crippen molar-refractivity contribution in [2.75, 3.05) is 44.7 Å². The molecule has 3 atom stereocenters. The van der Waals surface area contributed by atoms with E-state index in [4.69, 9.17) is 9.72 Å². The number of phenolic OH excluding ortho intramolecular Hbond substituents is 1. The zero-order chi connectivity index (χ0) is 26.7. The summed E-state index contributed by atoms with van der Waals surface area (Å²) in [6, 6.07) is 5.37. The standard InChI is InChI=1S/C29H34F2N6O2/c1-36(19-7-9-32-13-19)27-23-14-33-25(22-11-20(38)5-6-21(22)17-3-4-17)24(31)26(23)34-28(35-27)39-16-29-8-2-10-37(29)15-18(30)12-29/h5-6,11,14,17-19,32,38H,2-4,7-10,12-13,15-16H2,1H3/t18-,19-,29+/m1/s1. The van der Waals surface area contributed by atoms with Crippen molar-refractivity contribution in [3.63, 3.8) is 0 Å². The second-order valence-corrected chi connectivity index (χ2v) is 11.7. The first-order valence-electron chi connectivity index (χ1n) is 14.1. The number of hydrogen-bond donors (Lipinski definition) is 2. The van der Waals surface area contributed by atoms with E-state index in [1.807, 2.05) is 13.1 Å². The Labute approximate surface area is 226 Å². The Bertz CT molecular complexity index is 1410. The first-order valence-corrected chi connectivity index (χ1v) is 14.1. The predicted octanol–water partition coefficient (Wildman–Crippen LogP) is 4.17. The van der Waals surface area contributed by atoms with Crippen LogP contribution in [0, 0.1) is 5.82 Å². The number of hydrogen-bond acceptors (Lipinski definition) is 8. The summed E-state index contributed by atoms with van der Waals surface area (Å²) in [5, 5.41) is 14.1. The number of aromatic nitrogens is 3. The normalized spacial score (nSPS) is 26.8. The highest BCUT2D eigenvalue weighted by Crippen LogP contribution is 2.46.